The monoisotopic (exact) mass is 779 g/mol. The normalized spacial score (nSPS) is 12.2. The Hall–Kier alpha value is -1.59. The number of esters is 3. The minimum Gasteiger partial charge on any atom is -0.462 e. The first-order chi connectivity index (χ1) is 26.6. The molecule has 0 bridgehead atoms. The van der Waals surface area contributed by atoms with Crippen molar-refractivity contribution in [2.75, 3.05) is 13.2 Å². The zero-order chi connectivity index (χ0) is 40.6. The molecule has 0 unspecified atom stereocenters. The van der Waals surface area contributed by atoms with Crippen molar-refractivity contribution >= 4 is 17.9 Å². The molecule has 0 N–H and O–H groups in total. The SMILES string of the molecule is CC(C)CCCCCCCCCCCCC(=O)OC[C@H](COC(=O)CCCCCCCCCCCC(C)C)OC(=O)CCCCCCCCCCCC(C)C. The molecular weight excluding hydrogens is 685 g/mol. The Labute approximate surface area is 342 Å². The van der Waals surface area contributed by atoms with Crippen LogP contribution in [0.15, 0.2) is 0 Å². The topological polar surface area (TPSA) is 78.9 Å². The molecule has 1 atom stereocenters. The average molecular weight is 779 g/mol. The number of hydrogen-bond donors (Lipinski definition) is 0. The van der Waals surface area contributed by atoms with Gasteiger partial charge in [-0.2, -0.15) is 0 Å². The summed E-state index contributed by atoms with van der Waals surface area (Å²) in [6.07, 6.45) is 38.1. The summed E-state index contributed by atoms with van der Waals surface area (Å²) in [5, 5.41) is 0. The second-order valence-electron chi connectivity index (χ2n) is 18.2. The summed E-state index contributed by atoms with van der Waals surface area (Å²) in [4.78, 5) is 37.8. The molecule has 0 aliphatic heterocycles. The van der Waals surface area contributed by atoms with Crippen LogP contribution in [-0.4, -0.2) is 37.2 Å². The Bertz CT molecular complexity index is 852. The summed E-state index contributed by atoms with van der Waals surface area (Å²) in [6.45, 7) is 13.6. The van der Waals surface area contributed by atoms with Crippen LogP contribution >= 0.6 is 0 Å². The standard InChI is InChI=1S/C49H94O6/c1-43(2)35-29-23-17-11-7-8-14-20-26-32-38-47(50)53-41-46(55-49(52)40-34-28-22-16-10-13-19-25-31-37-45(5)6)42-54-48(51)39-33-27-21-15-9-12-18-24-30-36-44(3)4/h43-46H,7-42H2,1-6H3/t46-/m1/s1. The highest BCUT2D eigenvalue weighted by molar-refractivity contribution is 5.71. The molecule has 0 aliphatic rings. The van der Waals surface area contributed by atoms with Crippen molar-refractivity contribution in [1.82, 2.24) is 0 Å². The lowest BCUT2D eigenvalue weighted by molar-refractivity contribution is -0.167. The maximum absolute atomic E-state index is 12.7. The average Bonchev–Trinajstić information content (AvgIpc) is 3.13. The summed E-state index contributed by atoms with van der Waals surface area (Å²) in [6, 6.07) is 0. The van der Waals surface area contributed by atoms with Crippen LogP contribution in [0.3, 0.4) is 0 Å². The van der Waals surface area contributed by atoms with Crippen molar-refractivity contribution < 1.29 is 28.6 Å². The van der Waals surface area contributed by atoms with Gasteiger partial charge >= 0.3 is 17.9 Å². The molecule has 0 spiro atoms. The highest BCUT2D eigenvalue weighted by Crippen LogP contribution is 2.17. The molecular formula is C49H94O6. The molecule has 0 saturated heterocycles. The molecule has 55 heavy (non-hydrogen) atoms. The van der Waals surface area contributed by atoms with E-state index in [2.05, 4.69) is 41.5 Å². The van der Waals surface area contributed by atoms with Gasteiger partial charge in [-0.15, -0.1) is 0 Å². The fourth-order valence-corrected chi connectivity index (χ4v) is 7.23. The Morgan fingerprint density at radius 1 is 0.309 bits per heavy atom. The van der Waals surface area contributed by atoms with Crippen molar-refractivity contribution in [3.05, 3.63) is 0 Å². The number of rotatable bonds is 42. The van der Waals surface area contributed by atoms with Crippen LogP contribution in [-0.2, 0) is 28.6 Å². The van der Waals surface area contributed by atoms with Crippen molar-refractivity contribution in [3.8, 4) is 0 Å². The van der Waals surface area contributed by atoms with Crippen LogP contribution in [0.2, 0.25) is 0 Å². The van der Waals surface area contributed by atoms with Crippen LogP contribution in [0.1, 0.15) is 260 Å². The Morgan fingerprint density at radius 3 is 0.782 bits per heavy atom. The van der Waals surface area contributed by atoms with Crippen LogP contribution in [0.25, 0.3) is 0 Å². The number of unbranched alkanes of at least 4 members (excludes halogenated alkanes) is 25. The van der Waals surface area contributed by atoms with Crippen molar-refractivity contribution in [3.63, 3.8) is 0 Å². The first kappa shape index (κ1) is 53.4. The van der Waals surface area contributed by atoms with Gasteiger partial charge in [0.1, 0.15) is 13.2 Å². The fraction of sp³-hybridized carbons (Fsp3) is 0.939. The number of hydrogen-bond acceptors (Lipinski definition) is 6. The van der Waals surface area contributed by atoms with E-state index in [9.17, 15) is 14.4 Å². The van der Waals surface area contributed by atoms with Crippen LogP contribution in [0.4, 0.5) is 0 Å². The lowest BCUT2D eigenvalue weighted by atomic mass is 10.0. The smallest absolute Gasteiger partial charge is 0.306 e. The molecule has 0 heterocycles. The first-order valence-corrected chi connectivity index (χ1v) is 24.1. The van der Waals surface area contributed by atoms with E-state index in [0.29, 0.717) is 19.3 Å². The second-order valence-corrected chi connectivity index (χ2v) is 18.2. The molecule has 6 nitrogen and oxygen atoms in total. The van der Waals surface area contributed by atoms with Crippen molar-refractivity contribution in [2.45, 2.75) is 266 Å². The van der Waals surface area contributed by atoms with E-state index < -0.39 is 6.10 Å². The zero-order valence-electron chi connectivity index (χ0n) is 37.7. The Kier molecular flexibility index (Phi) is 39.4. The maximum atomic E-state index is 12.7. The van der Waals surface area contributed by atoms with Crippen molar-refractivity contribution in [1.29, 1.82) is 0 Å². The molecule has 0 aliphatic carbocycles. The number of carbonyl (C=O) groups is 3. The molecule has 0 aromatic heterocycles. The second kappa shape index (κ2) is 40.6. The predicted octanol–water partition coefficient (Wildman–Crippen LogP) is 15.2. The minimum atomic E-state index is -0.762. The summed E-state index contributed by atoms with van der Waals surface area (Å²) >= 11 is 0. The van der Waals surface area contributed by atoms with Gasteiger partial charge in [0.2, 0.25) is 0 Å². The van der Waals surface area contributed by atoms with Gasteiger partial charge in [0.25, 0.3) is 0 Å². The summed E-state index contributed by atoms with van der Waals surface area (Å²) in [5.41, 5.74) is 0. The Morgan fingerprint density at radius 2 is 0.527 bits per heavy atom. The van der Waals surface area contributed by atoms with E-state index in [4.69, 9.17) is 14.2 Å². The van der Waals surface area contributed by atoms with E-state index in [1.807, 2.05) is 0 Å². The highest BCUT2D eigenvalue weighted by atomic mass is 16.6. The minimum absolute atomic E-state index is 0.0658. The van der Waals surface area contributed by atoms with Gasteiger partial charge in [0, 0.05) is 19.3 Å². The van der Waals surface area contributed by atoms with Gasteiger partial charge in [0.05, 0.1) is 0 Å². The third-order valence-electron chi connectivity index (χ3n) is 10.9. The van der Waals surface area contributed by atoms with E-state index in [1.165, 1.54) is 141 Å². The van der Waals surface area contributed by atoms with Gasteiger partial charge in [-0.25, -0.2) is 0 Å². The molecule has 0 fully saturated rings. The van der Waals surface area contributed by atoms with Gasteiger partial charge in [0.15, 0.2) is 6.10 Å². The van der Waals surface area contributed by atoms with E-state index in [-0.39, 0.29) is 31.1 Å². The molecule has 326 valence electrons. The third kappa shape index (κ3) is 43.4. The Balaban J connectivity index is 4.34. The van der Waals surface area contributed by atoms with E-state index in [0.717, 1.165) is 75.5 Å². The molecule has 0 saturated carbocycles. The number of ether oxygens (including phenoxy) is 3. The molecule has 6 heteroatoms. The van der Waals surface area contributed by atoms with Crippen LogP contribution < -0.4 is 0 Å². The van der Waals surface area contributed by atoms with Gasteiger partial charge in [-0.05, 0) is 37.0 Å². The summed E-state index contributed by atoms with van der Waals surface area (Å²) < 4.78 is 16.8. The van der Waals surface area contributed by atoms with E-state index >= 15 is 0 Å². The van der Waals surface area contributed by atoms with Crippen molar-refractivity contribution in [2.24, 2.45) is 17.8 Å². The van der Waals surface area contributed by atoms with Gasteiger partial charge < -0.3 is 14.2 Å². The largest absolute Gasteiger partial charge is 0.462 e. The lowest BCUT2D eigenvalue weighted by Gasteiger charge is -2.18. The predicted molar refractivity (Wildman–Crippen MR) is 233 cm³/mol. The van der Waals surface area contributed by atoms with Gasteiger partial charge in [-0.3, -0.25) is 14.4 Å². The van der Waals surface area contributed by atoms with E-state index in [1.54, 1.807) is 0 Å². The molecule has 0 aromatic rings. The molecule has 0 amide bonds. The highest BCUT2D eigenvalue weighted by Gasteiger charge is 2.19. The zero-order valence-corrected chi connectivity index (χ0v) is 37.7. The molecule has 0 radical (unpaired) electrons. The van der Waals surface area contributed by atoms with Crippen LogP contribution in [0.5, 0.6) is 0 Å². The summed E-state index contributed by atoms with van der Waals surface area (Å²) in [7, 11) is 0. The molecule has 0 rings (SSSR count). The maximum Gasteiger partial charge on any atom is 0.306 e. The van der Waals surface area contributed by atoms with Gasteiger partial charge in [-0.1, -0.05) is 221 Å². The molecule has 0 aromatic carbocycles. The number of carbonyl (C=O) groups excluding carboxylic acids is 3. The van der Waals surface area contributed by atoms with Crippen LogP contribution in [0, 0.1) is 17.8 Å². The first-order valence-electron chi connectivity index (χ1n) is 24.1. The fourth-order valence-electron chi connectivity index (χ4n) is 7.23. The summed E-state index contributed by atoms with van der Waals surface area (Å²) in [5.74, 6) is 1.57. The lowest BCUT2D eigenvalue weighted by Crippen LogP contribution is -2.30. The third-order valence-corrected chi connectivity index (χ3v) is 10.9. The quantitative estimate of drug-likeness (QED) is 0.0349.